The van der Waals surface area contributed by atoms with Gasteiger partial charge in [-0.25, -0.2) is 0 Å². The maximum Gasteiger partial charge on any atom is 0.0623 e. The second-order valence-corrected chi connectivity index (χ2v) is 9.24. The van der Waals surface area contributed by atoms with E-state index in [4.69, 9.17) is 4.74 Å². The van der Waals surface area contributed by atoms with Crippen LogP contribution in [0.2, 0.25) is 0 Å². The van der Waals surface area contributed by atoms with Crippen molar-refractivity contribution in [3.8, 4) is 0 Å². The maximum atomic E-state index is 5.81. The van der Waals surface area contributed by atoms with Gasteiger partial charge in [0.2, 0.25) is 0 Å². The summed E-state index contributed by atoms with van der Waals surface area (Å²) in [5, 5.41) is 3.96. The minimum atomic E-state index is 0.430. The van der Waals surface area contributed by atoms with E-state index >= 15 is 0 Å². The fourth-order valence-electron chi connectivity index (χ4n) is 5.07. The molecule has 128 valence electrons. The second kappa shape index (κ2) is 6.52. The Morgan fingerprint density at radius 1 is 1.09 bits per heavy atom. The van der Waals surface area contributed by atoms with Gasteiger partial charge < -0.3 is 10.1 Å². The molecule has 1 aliphatic heterocycles. The van der Waals surface area contributed by atoms with E-state index in [0.29, 0.717) is 28.8 Å². The Morgan fingerprint density at radius 2 is 1.74 bits per heavy atom. The van der Waals surface area contributed by atoms with Gasteiger partial charge >= 0.3 is 0 Å². The summed E-state index contributed by atoms with van der Waals surface area (Å²) >= 11 is 0. The Bertz CT molecular complexity index is 496. The molecule has 1 saturated heterocycles. The summed E-state index contributed by atoms with van der Waals surface area (Å²) in [6, 6.07) is 5.35. The predicted molar refractivity (Wildman–Crippen MR) is 94.4 cm³/mol. The Kier molecular flexibility index (Phi) is 4.80. The Hall–Kier alpha value is -0.930. The van der Waals surface area contributed by atoms with Crippen molar-refractivity contribution in [2.75, 3.05) is 13.2 Å². The van der Waals surface area contributed by atoms with Crippen molar-refractivity contribution in [2.45, 2.75) is 65.5 Å². The first-order valence-electron chi connectivity index (χ1n) is 9.06. The summed E-state index contributed by atoms with van der Waals surface area (Å²) in [6.07, 6.45) is 8.73. The number of pyridine rings is 1. The first-order chi connectivity index (χ1) is 10.8. The van der Waals surface area contributed by atoms with Crippen LogP contribution in [0.25, 0.3) is 0 Å². The zero-order chi connectivity index (χ0) is 16.5. The van der Waals surface area contributed by atoms with E-state index in [1.54, 1.807) is 0 Å². The molecule has 0 aromatic carbocycles. The highest BCUT2D eigenvalue weighted by molar-refractivity contribution is 5.11. The zero-order valence-corrected chi connectivity index (χ0v) is 15.1. The number of ether oxygens (including phenoxy) is 1. The van der Waals surface area contributed by atoms with Crippen LogP contribution < -0.4 is 5.32 Å². The molecule has 3 heteroatoms. The van der Waals surface area contributed by atoms with Crippen molar-refractivity contribution in [1.82, 2.24) is 10.3 Å². The van der Waals surface area contributed by atoms with Crippen LogP contribution in [0, 0.1) is 16.7 Å². The SMILES string of the molecule is CC1(C)CC(N[C@H]2COC[C@H]2Cc2ccncc2)CC(C)(C)C1. The van der Waals surface area contributed by atoms with Gasteiger partial charge in [0.25, 0.3) is 0 Å². The lowest BCUT2D eigenvalue weighted by molar-refractivity contribution is 0.0771. The van der Waals surface area contributed by atoms with Gasteiger partial charge in [0.15, 0.2) is 0 Å². The second-order valence-electron chi connectivity index (χ2n) is 9.24. The van der Waals surface area contributed by atoms with Gasteiger partial charge in [0.05, 0.1) is 13.2 Å². The first-order valence-corrected chi connectivity index (χ1v) is 9.06. The van der Waals surface area contributed by atoms with Crippen molar-refractivity contribution in [1.29, 1.82) is 0 Å². The molecule has 1 aromatic heterocycles. The lowest BCUT2D eigenvalue weighted by Crippen LogP contribution is -2.49. The highest BCUT2D eigenvalue weighted by Gasteiger charge is 2.40. The Balaban J connectivity index is 1.62. The average molecular weight is 316 g/mol. The number of hydrogen-bond donors (Lipinski definition) is 1. The molecular formula is C20H32N2O. The van der Waals surface area contributed by atoms with Gasteiger partial charge in [0.1, 0.15) is 0 Å². The lowest BCUT2D eigenvalue weighted by Gasteiger charge is -2.46. The molecule has 0 radical (unpaired) electrons. The molecule has 1 aliphatic carbocycles. The molecule has 0 unspecified atom stereocenters. The van der Waals surface area contributed by atoms with E-state index in [-0.39, 0.29) is 0 Å². The minimum Gasteiger partial charge on any atom is -0.379 e. The van der Waals surface area contributed by atoms with Crippen molar-refractivity contribution in [2.24, 2.45) is 16.7 Å². The summed E-state index contributed by atoms with van der Waals surface area (Å²) in [6.45, 7) is 11.4. The molecule has 3 rings (SSSR count). The fraction of sp³-hybridized carbons (Fsp3) is 0.750. The topological polar surface area (TPSA) is 34.1 Å². The van der Waals surface area contributed by atoms with Crippen LogP contribution in [0.4, 0.5) is 0 Å². The standard InChI is InChI=1S/C20H32N2O/c1-19(2)10-17(11-20(3,4)14-19)22-18-13-23-12-16(18)9-15-5-7-21-8-6-15/h5-8,16-18,22H,9-14H2,1-4H3/t16-,18+/m1/s1. The number of nitrogens with one attached hydrogen (secondary N) is 1. The highest BCUT2D eigenvalue weighted by atomic mass is 16.5. The smallest absolute Gasteiger partial charge is 0.0623 e. The van der Waals surface area contributed by atoms with Crippen molar-refractivity contribution in [3.63, 3.8) is 0 Å². The summed E-state index contributed by atoms with van der Waals surface area (Å²) in [5.41, 5.74) is 2.23. The summed E-state index contributed by atoms with van der Waals surface area (Å²) in [7, 11) is 0. The third-order valence-electron chi connectivity index (χ3n) is 5.45. The summed E-state index contributed by atoms with van der Waals surface area (Å²) < 4.78 is 5.81. The molecule has 3 nitrogen and oxygen atoms in total. The van der Waals surface area contributed by atoms with Gasteiger partial charge in [-0.3, -0.25) is 4.98 Å². The fourth-order valence-corrected chi connectivity index (χ4v) is 5.07. The van der Waals surface area contributed by atoms with Crippen LogP contribution >= 0.6 is 0 Å². The van der Waals surface area contributed by atoms with Gasteiger partial charge in [-0.1, -0.05) is 27.7 Å². The minimum absolute atomic E-state index is 0.430. The molecule has 1 aromatic rings. The molecule has 2 fully saturated rings. The average Bonchev–Trinajstić information content (AvgIpc) is 2.83. The predicted octanol–water partition coefficient (Wildman–Crippen LogP) is 3.83. The number of rotatable bonds is 4. The van der Waals surface area contributed by atoms with Crippen LogP contribution in [-0.4, -0.2) is 30.3 Å². The van der Waals surface area contributed by atoms with Crippen molar-refractivity contribution < 1.29 is 4.74 Å². The third-order valence-corrected chi connectivity index (χ3v) is 5.45. The van der Waals surface area contributed by atoms with Crippen LogP contribution in [0.3, 0.4) is 0 Å². The molecule has 0 amide bonds. The van der Waals surface area contributed by atoms with Crippen LogP contribution in [0.5, 0.6) is 0 Å². The molecule has 0 spiro atoms. The normalized spacial score (nSPS) is 30.4. The highest BCUT2D eigenvalue weighted by Crippen LogP contribution is 2.46. The van der Waals surface area contributed by atoms with Crippen LogP contribution in [0.15, 0.2) is 24.5 Å². The molecular weight excluding hydrogens is 284 g/mol. The van der Waals surface area contributed by atoms with Crippen LogP contribution in [0.1, 0.15) is 52.5 Å². The third kappa shape index (κ3) is 4.54. The molecule has 2 aliphatic rings. The largest absolute Gasteiger partial charge is 0.379 e. The molecule has 0 bridgehead atoms. The monoisotopic (exact) mass is 316 g/mol. The van der Waals surface area contributed by atoms with Gasteiger partial charge in [-0.2, -0.15) is 0 Å². The van der Waals surface area contributed by atoms with E-state index in [9.17, 15) is 0 Å². The van der Waals surface area contributed by atoms with E-state index in [1.165, 1.54) is 24.8 Å². The van der Waals surface area contributed by atoms with E-state index < -0.39 is 0 Å². The summed E-state index contributed by atoms with van der Waals surface area (Å²) in [5.74, 6) is 0.575. The Morgan fingerprint density at radius 3 is 2.39 bits per heavy atom. The first kappa shape index (κ1) is 16.9. The number of aromatic nitrogens is 1. The quantitative estimate of drug-likeness (QED) is 0.916. The molecule has 23 heavy (non-hydrogen) atoms. The van der Waals surface area contributed by atoms with E-state index in [2.05, 4.69) is 50.1 Å². The van der Waals surface area contributed by atoms with Gasteiger partial charge in [-0.15, -0.1) is 0 Å². The molecule has 1 saturated carbocycles. The molecule has 1 N–H and O–H groups in total. The van der Waals surface area contributed by atoms with Crippen molar-refractivity contribution in [3.05, 3.63) is 30.1 Å². The summed E-state index contributed by atoms with van der Waals surface area (Å²) in [4.78, 5) is 4.12. The molecule has 2 atom stereocenters. The van der Waals surface area contributed by atoms with E-state index in [1.807, 2.05) is 12.4 Å². The number of nitrogens with zero attached hydrogens (tertiary/aromatic N) is 1. The van der Waals surface area contributed by atoms with Crippen LogP contribution in [-0.2, 0) is 11.2 Å². The van der Waals surface area contributed by atoms with Gasteiger partial charge in [-0.05, 0) is 54.2 Å². The van der Waals surface area contributed by atoms with Gasteiger partial charge in [0, 0.05) is 30.4 Å². The Labute approximate surface area is 141 Å². The van der Waals surface area contributed by atoms with E-state index in [0.717, 1.165) is 19.6 Å². The molecule has 2 heterocycles. The number of hydrogen-bond acceptors (Lipinski definition) is 3. The maximum absolute atomic E-state index is 5.81. The van der Waals surface area contributed by atoms with Crippen molar-refractivity contribution >= 4 is 0 Å². The zero-order valence-electron chi connectivity index (χ0n) is 15.1. The lowest BCUT2D eigenvalue weighted by atomic mass is 9.63.